The van der Waals surface area contributed by atoms with E-state index in [0.29, 0.717) is 31.9 Å². The molecular weight excluding hydrogens is 434 g/mol. The zero-order chi connectivity index (χ0) is 23.5. The Bertz CT molecular complexity index is 1080. The van der Waals surface area contributed by atoms with Crippen LogP contribution >= 0.6 is 0 Å². The molecule has 2 aromatic rings. The van der Waals surface area contributed by atoms with Gasteiger partial charge in [-0.15, -0.1) is 0 Å². The second-order valence-corrected chi connectivity index (χ2v) is 9.64. The summed E-state index contributed by atoms with van der Waals surface area (Å²) in [5.74, 6) is -0.456. The highest BCUT2D eigenvalue weighted by atomic mass is 32.2. The molecule has 1 saturated heterocycles. The van der Waals surface area contributed by atoms with Gasteiger partial charge in [0, 0.05) is 38.3 Å². The number of primary amides is 1. The molecule has 0 aliphatic carbocycles. The third-order valence-corrected chi connectivity index (χ3v) is 6.91. The van der Waals surface area contributed by atoms with Crippen molar-refractivity contribution >= 4 is 27.3 Å². The number of anilines is 1. The van der Waals surface area contributed by atoms with Gasteiger partial charge in [-0.2, -0.15) is 0 Å². The van der Waals surface area contributed by atoms with Gasteiger partial charge in [0.25, 0.3) is 5.69 Å². The standard InChI is InChI=1S/C21H27N5O5S/c1-15(2)23-32(30,31)17-8-9-18(19(14-17)26(28)29)24-10-12-25(13-11-24)20(21(22)27)16-6-4-3-5-7-16/h3-9,14-15,20,23H,10-13H2,1-2H3,(H2,22,27). The zero-order valence-corrected chi connectivity index (χ0v) is 18.8. The van der Waals surface area contributed by atoms with Crippen molar-refractivity contribution in [1.82, 2.24) is 9.62 Å². The Morgan fingerprint density at radius 3 is 2.25 bits per heavy atom. The third-order valence-electron chi connectivity index (χ3n) is 5.25. The molecule has 0 bridgehead atoms. The zero-order valence-electron chi connectivity index (χ0n) is 18.0. The minimum atomic E-state index is -3.86. The van der Waals surface area contributed by atoms with Crippen LogP contribution in [0.5, 0.6) is 0 Å². The summed E-state index contributed by atoms with van der Waals surface area (Å²) in [6.07, 6.45) is 0. The maximum Gasteiger partial charge on any atom is 0.293 e. The number of nitro groups is 1. The summed E-state index contributed by atoms with van der Waals surface area (Å²) >= 11 is 0. The molecule has 32 heavy (non-hydrogen) atoms. The Labute approximate surface area is 187 Å². The third kappa shape index (κ3) is 5.23. The number of carbonyl (C=O) groups is 1. The van der Waals surface area contributed by atoms with Crippen LogP contribution in [0.2, 0.25) is 0 Å². The lowest BCUT2D eigenvalue weighted by atomic mass is 10.0. The summed E-state index contributed by atoms with van der Waals surface area (Å²) in [4.78, 5) is 26.9. The van der Waals surface area contributed by atoms with Crippen LogP contribution < -0.4 is 15.4 Å². The molecule has 3 N–H and O–H groups in total. The SMILES string of the molecule is CC(C)NS(=O)(=O)c1ccc(N2CCN(C(C(N)=O)c3ccccc3)CC2)c([N+](=O)[O-])c1. The Morgan fingerprint density at radius 2 is 1.72 bits per heavy atom. The van der Waals surface area contributed by atoms with Crippen LogP contribution in [-0.4, -0.2) is 56.4 Å². The van der Waals surface area contributed by atoms with E-state index in [0.717, 1.165) is 11.6 Å². The van der Waals surface area contributed by atoms with Gasteiger partial charge in [0.15, 0.2) is 0 Å². The van der Waals surface area contributed by atoms with Crippen LogP contribution in [0.15, 0.2) is 53.4 Å². The van der Waals surface area contributed by atoms with E-state index in [1.807, 2.05) is 40.1 Å². The lowest BCUT2D eigenvalue weighted by Crippen LogP contribution is -2.50. The topological polar surface area (TPSA) is 139 Å². The van der Waals surface area contributed by atoms with Crippen LogP contribution in [0, 0.1) is 10.1 Å². The van der Waals surface area contributed by atoms with E-state index in [1.165, 1.54) is 12.1 Å². The van der Waals surface area contributed by atoms with Crippen molar-refractivity contribution in [3.63, 3.8) is 0 Å². The highest BCUT2D eigenvalue weighted by molar-refractivity contribution is 7.89. The van der Waals surface area contributed by atoms with E-state index in [1.54, 1.807) is 13.8 Å². The second-order valence-electron chi connectivity index (χ2n) is 7.92. The number of sulfonamides is 1. The Morgan fingerprint density at radius 1 is 1.09 bits per heavy atom. The quantitative estimate of drug-likeness (QED) is 0.450. The van der Waals surface area contributed by atoms with Gasteiger partial charge in [0.2, 0.25) is 15.9 Å². The van der Waals surface area contributed by atoms with Crippen LogP contribution in [0.25, 0.3) is 0 Å². The number of amides is 1. The van der Waals surface area contributed by atoms with E-state index < -0.39 is 26.9 Å². The van der Waals surface area contributed by atoms with Crippen LogP contribution in [0.4, 0.5) is 11.4 Å². The molecule has 1 unspecified atom stereocenters. The molecule has 1 fully saturated rings. The van der Waals surface area contributed by atoms with E-state index in [4.69, 9.17) is 5.73 Å². The number of hydrogen-bond acceptors (Lipinski definition) is 7. The van der Waals surface area contributed by atoms with Gasteiger partial charge in [-0.3, -0.25) is 19.8 Å². The molecule has 172 valence electrons. The molecule has 11 heteroatoms. The number of nitrogens with two attached hydrogens (primary N) is 1. The predicted octanol–water partition coefficient (Wildman–Crippen LogP) is 1.63. The fourth-order valence-corrected chi connectivity index (χ4v) is 5.14. The first kappa shape index (κ1) is 23.6. The number of rotatable bonds is 8. The first-order valence-corrected chi connectivity index (χ1v) is 11.7. The van der Waals surface area contributed by atoms with Crippen molar-refractivity contribution in [2.24, 2.45) is 5.73 Å². The van der Waals surface area contributed by atoms with Crippen molar-refractivity contribution in [2.75, 3.05) is 31.1 Å². The van der Waals surface area contributed by atoms with Crippen LogP contribution in [0.3, 0.4) is 0 Å². The molecule has 1 atom stereocenters. The number of carbonyl (C=O) groups excluding carboxylic acids is 1. The van der Waals surface area contributed by atoms with Gasteiger partial charge in [-0.1, -0.05) is 30.3 Å². The summed E-state index contributed by atoms with van der Waals surface area (Å²) < 4.78 is 27.3. The average molecular weight is 462 g/mol. The molecule has 10 nitrogen and oxygen atoms in total. The molecule has 3 rings (SSSR count). The fraction of sp³-hybridized carbons (Fsp3) is 0.381. The number of nitro benzene ring substituents is 1. The van der Waals surface area contributed by atoms with Crippen molar-refractivity contribution < 1.29 is 18.1 Å². The molecule has 1 amide bonds. The minimum Gasteiger partial charge on any atom is -0.368 e. The maximum absolute atomic E-state index is 12.4. The van der Waals surface area contributed by atoms with Crippen LogP contribution in [-0.2, 0) is 14.8 Å². The Kier molecular flexibility index (Phi) is 7.12. The monoisotopic (exact) mass is 461 g/mol. The number of hydrogen-bond donors (Lipinski definition) is 2. The smallest absolute Gasteiger partial charge is 0.293 e. The molecule has 0 radical (unpaired) electrons. The first-order chi connectivity index (χ1) is 15.1. The molecule has 0 spiro atoms. The van der Waals surface area contributed by atoms with Gasteiger partial charge in [0.05, 0.1) is 9.82 Å². The van der Waals surface area contributed by atoms with Crippen LogP contribution in [0.1, 0.15) is 25.5 Å². The number of benzene rings is 2. The van der Waals surface area contributed by atoms with Gasteiger partial charge < -0.3 is 10.6 Å². The minimum absolute atomic E-state index is 0.154. The predicted molar refractivity (Wildman–Crippen MR) is 121 cm³/mol. The van der Waals surface area contributed by atoms with Gasteiger partial charge in [0.1, 0.15) is 11.7 Å². The normalized spacial score (nSPS) is 16.2. The first-order valence-electron chi connectivity index (χ1n) is 10.2. The summed E-state index contributed by atoms with van der Waals surface area (Å²) in [6.45, 7) is 5.13. The molecule has 0 saturated carbocycles. The molecular formula is C21H27N5O5S. The largest absolute Gasteiger partial charge is 0.368 e. The molecule has 0 aromatic heterocycles. The van der Waals surface area contributed by atoms with Gasteiger partial charge in [-0.25, -0.2) is 13.1 Å². The maximum atomic E-state index is 12.4. The lowest BCUT2D eigenvalue weighted by molar-refractivity contribution is -0.384. The molecule has 2 aromatic carbocycles. The van der Waals surface area contributed by atoms with Crippen molar-refractivity contribution in [2.45, 2.75) is 30.8 Å². The number of nitrogens with one attached hydrogen (secondary N) is 1. The van der Waals surface area contributed by atoms with Crippen molar-refractivity contribution in [1.29, 1.82) is 0 Å². The van der Waals surface area contributed by atoms with E-state index in [9.17, 15) is 23.3 Å². The fourth-order valence-electron chi connectivity index (χ4n) is 3.87. The number of nitrogens with zero attached hydrogens (tertiary/aromatic N) is 3. The molecule has 1 aliphatic rings. The van der Waals surface area contributed by atoms with Gasteiger partial charge >= 0.3 is 0 Å². The van der Waals surface area contributed by atoms with E-state index >= 15 is 0 Å². The summed E-state index contributed by atoms with van der Waals surface area (Å²) in [6, 6.07) is 12.2. The number of piperazine rings is 1. The highest BCUT2D eigenvalue weighted by Crippen LogP contribution is 2.32. The summed E-state index contributed by atoms with van der Waals surface area (Å²) in [5, 5.41) is 11.7. The van der Waals surface area contributed by atoms with Crippen molar-refractivity contribution in [3.05, 3.63) is 64.2 Å². The Balaban J connectivity index is 1.81. The molecule has 1 heterocycles. The summed E-state index contributed by atoms with van der Waals surface area (Å²) in [5.41, 5.74) is 6.52. The lowest BCUT2D eigenvalue weighted by Gasteiger charge is -2.39. The average Bonchev–Trinajstić information content (AvgIpc) is 2.73. The van der Waals surface area contributed by atoms with E-state index in [2.05, 4.69) is 4.72 Å². The van der Waals surface area contributed by atoms with Crippen molar-refractivity contribution in [3.8, 4) is 0 Å². The molecule has 1 aliphatic heterocycles. The second kappa shape index (κ2) is 9.63. The highest BCUT2D eigenvalue weighted by Gasteiger charge is 2.31. The Hall–Kier alpha value is -3.02. The van der Waals surface area contributed by atoms with Gasteiger partial charge in [-0.05, 0) is 31.5 Å². The summed E-state index contributed by atoms with van der Waals surface area (Å²) in [7, 11) is -3.86. The van der Waals surface area contributed by atoms with E-state index in [-0.39, 0.29) is 16.6 Å².